The molecule has 0 aromatic heterocycles. The molecule has 2 nitrogen and oxygen atoms in total. The molecule has 0 heterocycles. The molecule has 0 aliphatic heterocycles. The topological polar surface area (TPSA) is 29.5 Å². The predicted molar refractivity (Wildman–Crippen MR) is 57.3 cm³/mol. The Labute approximate surface area is 89.0 Å². The van der Waals surface area contributed by atoms with Crippen LogP contribution in [0.25, 0.3) is 0 Å². The van der Waals surface area contributed by atoms with E-state index in [1.807, 2.05) is 19.1 Å². The largest absolute Gasteiger partial charge is 0.489 e. The summed E-state index contributed by atoms with van der Waals surface area (Å²) >= 11 is 0. The van der Waals surface area contributed by atoms with Crippen LogP contribution < -0.4 is 4.74 Å². The van der Waals surface area contributed by atoms with Gasteiger partial charge in [-0.25, -0.2) is 4.39 Å². The van der Waals surface area contributed by atoms with Gasteiger partial charge in [0, 0.05) is 5.56 Å². The summed E-state index contributed by atoms with van der Waals surface area (Å²) in [6.45, 7) is 3.89. The number of aliphatic hydroxyl groups is 1. The molecule has 1 unspecified atom stereocenters. The summed E-state index contributed by atoms with van der Waals surface area (Å²) in [7, 11) is 0. The summed E-state index contributed by atoms with van der Waals surface area (Å²) < 4.78 is 18.3. The molecule has 0 radical (unpaired) electrons. The molecule has 0 bridgehead atoms. The van der Waals surface area contributed by atoms with Crippen LogP contribution >= 0.6 is 0 Å². The maximum absolute atomic E-state index is 12.9. The Balaban J connectivity index is 2.85. The average molecular weight is 210 g/mol. The fourth-order valence-electron chi connectivity index (χ4n) is 1.21. The Morgan fingerprint density at radius 1 is 1.53 bits per heavy atom. The number of hydrogen-bond donors (Lipinski definition) is 1. The van der Waals surface area contributed by atoms with Crippen molar-refractivity contribution >= 4 is 0 Å². The minimum atomic E-state index is -0.735. The van der Waals surface area contributed by atoms with Crippen LogP contribution in [-0.4, -0.2) is 11.7 Å². The normalized spacial score (nSPS) is 13.1. The van der Waals surface area contributed by atoms with Crippen molar-refractivity contribution in [1.29, 1.82) is 0 Å². The minimum absolute atomic E-state index is 0.371. The lowest BCUT2D eigenvalue weighted by Crippen LogP contribution is -2.01. The number of allylic oxidation sites excluding steroid dienone is 1. The first-order valence-electron chi connectivity index (χ1n) is 4.86. The van der Waals surface area contributed by atoms with Crippen LogP contribution in [0.15, 0.2) is 30.4 Å². The number of benzene rings is 1. The zero-order chi connectivity index (χ0) is 11.3. The third kappa shape index (κ3) is 3.36. The first-order valence-corrected chi connectivity index (χ1v) is 4.86. The van der Waals surface area contributed by atoms with Crippen LogP contribution in [0.1, 0.15) is 25.5 Å². The van der Waals surface area contributed by atoms with E-state index in [1.54, 1.807) is 6.92 Å². The summed E-state index contributed by atoms with van der Waals surface area (Å²) in [4.78, 5) is 0. The first-order chi connectivity index (χ1) is 7.15. The quantitative estimate of drug-likeness (QED) is 0.774. The maximum Gasteiger partial charge on any atom is 0.125 e. The molecule has 0 fully saturated rings. The first kappa shape index (κ1) is 11.7. The second kappa shape index (κ2) is 5.51. The van der Waals surface area contributed by atoms with E-state index in [9.17, 15) is 9.50 Å². The molecule has 1 atom stereocenters. The van der Waals surface area contributed by atoms with Crippen molar-refractivity contribution in [1.82, 2.24) is 0 Å². The van der Waals surface area contributed by atoms with Crippen LogP contribution in [0.4, 0.5) is 4.39 Å². The third-order valence-electron chi connectivity index (χ3n) is 1.99. The number of rotatable bonds is 4. The molecule has 1 N–H and O–H groups in total. The van der Waals surface area contributed by atoms with Crippen LogP contribution in [0, 0.1) is 5.82 Å². The summed E-state index contributed by atoms with van der Waals surface area (Å²) in [5.41, 5.74) is 0.472. The molecular formula is C12H15FO2. The molecule has 1 rings (SSSR count). The highest BCUT2D eigenvalue weighted by molar-refractivity contribution is 5.35. The molecule has 0 amide bonds. The van der Waals surface area contributed by atoms with Crippen molar-refractivity contribution in [2.45, 2.75) is 20.0 Å². The minimum Gasteiger partial charge on any atom is -0.489 e. The highest BCUT2D eigenvalue weighted by Crippen LogP contribution is 2.25. The summed E-state index contributed by atoms with van der Waals surface area (Å²) in [6.07, 6.45) is 2.97. The summed E-state index contributed by atoms with van der Waals surface area (Å²) in [5.74, 6) is 0.147. The lowest BCUT2D eigenvalue weighted by Gasteiger charge is -2.12. The van der Waals surface area contributed by atoms with E-state index in [0.717, 1.165) is 0 Å². The fourth-order valence-corrected chi connectivity index (χ4v) is 1.21. The number of halogens is 1. The van der Waals surface area contributed by atoms with E-state index in [-0.39, 0.29) is 5.82 Å². The summed E-state index contributed by atoms with van der Waals surface area (Å²) in [6, 6.07) is 4.13. The molecule has 0 saturated heterocycles. The second-order valence-corrected chi connectivity index (χ2v) is 3.24. The standard InChI is InChI=1S/C12H15FO2/c1-3-4-7-15-12-6-5-10(13)8-11(12)9(2)14/h3-6,8-9,14H,7H2,1-2H3. The molecule has 1 aromatic rings. The smallest absolute Gasteiger partial charge is 0.125 e. The SMILES string of the molecule is CC=CCOc1ccc(F)cc1C(C)O. The van der Waals surface area contributed by atoms with Crippen molar-refractivity contribution in [3.05, 3.63) is 41.7 Å². The number of ether oxygens (including phenoxy) is 1. The van der Waals surface area contributed by atoms with Gasteiger partial charge in [0.2, 0.25) is 0 Å². The zero-order valence-electron chi connectivity index (χ0n) is 8.90. The van der Waals surface area contributed by atoms with Gasteiger partial charge in [-0.2, -0.15) is 0 Å². The van der Waals surface area contributed by atoms with Gasteiger partial charge in [-0.05, 0) is 32.0 Å². The molecule has 0 aliphatic rings. The van der Waals surface area contributed by atoms with Crippen molar-refractivity contribution in [2.75, 3.05) is 6.61 Å². The lowest BCUT2D eigenvalue weighted by molar-refractivity contribution is 0.192. The molecule has 0 saturated carbocycles. The van der Waals surface area contributed by atoms with Gasteiger partial charge in [0.05, 0.1) is 6.10 Å². The fraction of sp³-hybridized carbons (Fsp3) is 0.333. The number of aliphatic hydroxyl groups excluding tert-OH is 1. The van der Waals surface area contributed by atoms with Crippen molar-refractivity contribution in [3.63, 3.8) is 0 Å². The van der Waals surface area contributed by atoms with Crippen molar-refractivity contribution in [3.8, 4) is 5.75 Å². The van der Waals surface area contributed by atoms with E-state index in [0.29, 0.717) is 17.9 Å². The second-order valence-electron chi connectivity index (χ2n) is 3.24. The van der Waals surface area contributed by atoms with Gasteiger partial charge in [-0.1, -0.05) is 12.2 Å². The molecule has 3 heteroatoms. The van der Waals surface area contributed by atoms with Crippen molar-refractivity contribution < 1.29 is 14.2 Å². The Hall–Kier alpha value is -1.35. The molecular weight excluding hydrogens is 195 g/mol. The van der Waals surface area contributed by atoms with E-state index < -0.39 is 6.10 Å². The van der Waals surface area contributed by atoms with E-state index in [2.05, 4.69) is 0 Å². The highest BCUT2D eigenvalue weighted by Gasteiger charge is 2.09. The Kier molecular flexibility index (Phi) is 4.31. The lowest BCUT2D eigenvalue weighted by atomic mass is 10.1. The molecule has 0 aliphatic carbocycles. The third-order valence-corrected chi connectivity index (χ3v) is 1.99. The van der Waals surface area contributed by atoms with E-state index in [1.165, 1.54) is 18.2 Å². The van der Waals surface area contributed by atoms with Gasteiger partial charge < -0.3 is 9.84 Å². The van der Waals surface area contributed by atoms with Gasteiger partial charge in [-0.15, -0.1) is 0 Å². The molecule has 0 spiro atoms. The summed E-state index contributed by atoms with van der Waals surface area (Å²) in [5, 5.41) is 9.42. The van der Waals surface area contributed by atoms with Gasteiger partial charge in [0.25, 0.3) is 0 Å². The van der Waals surface area contributed by atoms with Crippen LogP contribution in [-0.2, 0) is 0 Å². The van der Waals surface area contributed by atoms with Gasteiger partial charge in [-0.3, -0.25) is 0 Å². The molecule has 1 aromatic carbocycles. The monoisotopic (exact) mass is 210 g/mol. The van der Waals surface area contributed by atoms with Crippen LogP contribution in [0.5, 0.6) is 5.75 Å². The molecule has 82 valence electrons. The van der Waals surface area contributed by atoms with E-state index in [4.69, 9.17) is 4.74 Å². The van der Waals surface area contributed by atoms with Crippen LogP contribution in [0.2, 0.25) is 0 Å². The van der Waals surface area contributed by atoms with Crippen molar-refractivity contribution in [2.24, 2.45) is 0 Å². The maximum atomic E-state index is 12.9. The Morgan fingerprint density at radius 2 is 2.27 bits per heavy atom. The van der Waals surface area contributed by atoms with Gasteiger partial charge in [0.15, 0.2) is 0 Å². The Morgan fingerprint density at radius 3 is 2.87 bits per heavy atom. The van der Waals surface area contributed by atoms with Gasteiger partial charge in [0.1, 0.15) is 18.2 Å². The Bertz CT molecular complexity index is 345. The predicted octanol–water partition coefficient (Wildman–Crippen LogP) is 2.83. The highest BCUT2D eigenvalue weighted by atomic mass is 19.1. The molecule has 15 heavy (non-hydrogen) atoms. The number of hydrogen-bond acceptors (Lipinski definition) is 2. The average Bonchev–Trinajstić information content (AvgIpc) is 2.20. The van der Waals surface area contributed by atoms with E-state index >= 15 is 0 Å². The van der Waals surface area contributed by atoms with Gasteiger partial charge >= 0.3 is 0 Å². The van der Waals surface area contributed by atoms with Crippen LogP contribution in [0.3, 0.4) is 0 Å². The zero-order valence-corrected chi connectivity index (χ0v) is 8.90.